The number of carboxylic acid groups (broad SMARTS) is 1. The fourth-order valence-corrected chi connectivity index (χ4v) is 2.68. The number of carbonyl (C=O) groups is 1. The van der Waals surface area contributed by atoms with E-state index < -0.39 is 10.9 Å². The normalized spacial score (nSPS) is 22.2. The van der Waals surface area contributed by atoms with Gasteiger partial charge in [0, 0.05) is 12.2 Å². The Morgan fingerprint density at radius 2 is 2.26 bits per heavy atom. The number of aromatic nitrogens is 1. The number of anilines is 1. The summed E-state index contributed by atoms with van der Waals surface area (Å²) in [7, 11) is 0. The van der Waals surface area contributed by atoms with Crippen LogP contribution in [-0.2, 0) is 4.79 Å². The summed E-state index contributed by atoms with van der Waals surface area (Å²) in [6.45, 7) is 0. The van der Waals surface area contributed by atoms with E-state index >= 15 is 0 Å². The first kappa shape index (κ1) is 13.7. The highest BCUT2D eigenvalue weighted by molar-refractivity contribution is 9.10. The first-order chi connectivity index (χ1) is 8.99. The smallest absolute Gasteiger partial charge is 0.311 e. The van der Waals surface area contributed by atoms with Crippen molar-refractivity contribution in [1.82, 2.24) is 4.98 Å². The third-order valence-electron chi connectivity index (χ3n) is 3.21. The molecule has 2 N–H and O–H groups in total. The van der Waals surface area contributed by atoms with Gasteiger partial charge in [0.15, 0.2) is 0 Å². The zero-order valence-electron chi connectivity index (χ0n) is 9.88. The molecule has 19 heavy (non-hydrogen) atoms. The second-order valence-electron chi connectivity index (χ2n) is 4.46. The Morgan fingerprint density at radius 3 is 2.84 bits per heavy atom. The van der Waals surface area contributed by atoms with Gasteiger partial charge in [-0.2, -0.15) is 0 Å². The number of hydrogen-bond donors (Lipinski definition) is 2. The molecule has 0 amide bonds. The van der Waals surface area contributed by atoms with E-state index in [4.69, 9.17) is 5.11 Å². The zero-order valence-corrected chi connectivity index (χ0v) is 11.5. The number of halogens is 1. The Morgan fingerprint density at radius 1 is 1.53 bits per heavy atom. The molecule has 1 heterocycles. The van der Waals surface area contributed by atoms with Crippen LogP contribution in [0.1, 0.15) is 19.3 Å². The van der Waals surface area contributed by atoms with Crippen LogP contribution in [0.2, 0.25) is 0 Å². The molecule has 0 radical (unpaired) electrons. The summed E-state index contributed by atoms with van der Waals surface area (Å²) in [5.74, 6) is -1.19. The summed E-state index contributed by atoms with van der Waals surface area (Å²) < 4.78 is 0.500. The van der Waals surface area contributed by atoms with Gasteiger partial charge >= 0.3 is 11.7 Å². The number of carboxylic acids is 1. The number of aliphatic carboxylic acids is 1. The van der Waals surface area contributed by atoms with Crippen LogP contribution < -0.4 is 5.32 Å². The van der Waals surface area contributed by atoms with E-state index in [1.165, 1.54) is 12.4 Å². The van der Waals surface area contributed by atoms with E-state index in [-0.39, 0.29) is 17.6 Å². The van der Waals surface area contributed by atoms with Gasteiger partial charge in [-0.25, -0.2) is 0 Å². The molecule has 2 atom stereocenters. The molecule has 0 aliphatic heterocycles. The van der Waals surface area contributed by atoms with Gasteiger partial charge in [-0.1, -0.05) is 0 Å². The van der Waals surface area contributed by atoms with E-state index in [0.29, 0.717) is 29.4 Å². The Kier molecular flexibility index (Phi) is 3.98. The number of pyridine rings is 1. The first-order valence-electron chi connectivity index (χ1n) is 5.76. The van der Waals surface area contributed by atoms with Crippen molar-refractivity contribution in [1.29, 1.82) is 0 Å². The van der Waals surface area contributed by atoms with Gasteiger partial charge in [-0.3, -0.25) is 19.9 Å². The molecule has 2 rings (SSSR count). The van der Waals surface area contributed by atoms with Crippen LogP contribution in [0.15, 0.2) is 16.9 Å². The van der Waals surface area contributed by atoms with Crippen LogP contribution in [0, 0.1) is 16.0 Å². The quantitative estimate of drug-likeness (QED) is 0.649. The van der Waals surface area contributed by atoms with E-state index in [2.05, 4.69) is 26.2 Å². The molecule has 1 aliphatic rings. The summed E-state index contributed by atoms with van der Waals surface area (Å²) >= 11 is 3.22. The highest BCUT2D eigenvalue weighted by Crippen LogP contribution is 2.35. The van der Waals surface area contributed by atoms with E-state index in [9.17, 15) is 14.9 Å². The number of nitrogens with one attached hydrogen (secondary N) is 1. The van der Waals surface area contributed by atoms with Gasteiger partial charge in [0.25, 0.3) is 0 Å². The van der Waals surface area contributed by atoms with Gasteiger partial charge < -0.3 is 10.4 Å². The minimum atomic E-state index is -0.812. The summed E-state index contributed by atoms with van der Waals surface area (Å²) in [4.78, 5) is 25.1. The third kappa shape index (κ3) is 3.01. The molecule has 8 heteroatoms. The molecular formula is C11H12BrN3O4. The molecular weight excluding hydrogens is 318 g/mol. The van der Waals surface area contributed by atoms with Gasteiger partial charge in [0.1, 0.15) is 11.9 Å². The van der Waals surface area contributed by atoms with Crippen molar-refractivity contribution in [2.45, 2.75) is 25.3 Å². The number of nitrogens with zero attached hydrogens (tertiary/aromatic N) is 2. The van der Waals surface area contributed by atoms with Crippen molar-refractivity contribution >= 4 is 33.3 Å². The minimum Gasteiger partial charge on any atom is -0.481 e. The van der Waals surface area contributed by atoms with Crippen molar-refractivity contribution in [3.63, 3.8) is 0 Å². The molecule has 102 valence electrons. The Balaban J connectivity index is 2.16. The number of rotatable bonds is 4. The lowest BCUT2D eigenvalue weighted by atomic mass is 10.1. The summed E-state index contributed by atoms with van der Waals surface area (Å²) in [6.07, 6.45) is 4.39. The summed E-state index contributed by atoms with van der Waals surface area (Å²) in [5, 5.41) is 22.9. The summed E-state index contributed by atoms with van der Waals surface area (Å²) in [5.41, 5.74) is 0.240. The topological polar surface area (TPSA) is 105 Å². The van der Waals surface area contributed by atoms with Crippen LogP contribution >= 0.6 is 15.9 Å². The third-order valence-corrected chi connectivity index (χ3v) is 3.81. The monoisotopic (exact) mass is 329 g/mol. The Hall–Kier alpha value is -1.70. The minimum absolute atomic E-state index is 0.0708. The Labute approximate surface area is 117 Å². The first-order valence-corrected chi connectivity index (χ1v) is 6.55. The van der Waals surface area contributed by atoms with E-state index in [1.54, 1.807) is 0 Å². The SMILES string of the molecule is O=C(O)C1CCC(Nc2c(Br)cncc2[N+](=O)[O-])C1. The highest BCUT2D eigenvalue weighted by Gasteiger charge is 2.31. The highest BCUT2D eigenvalue weighted by atomic mass is 79.9. The molecule has 1 saturated carbocycles. The molecule has 1 fully saturated rings. The fourth-order valence-electron chi connectivity index (χ4n) is 2.25. The molecule has 2 unspecified atom stereocenters. The van der Waals surface area contributed by atoms with Gasteiger partial charge in [0.2, 0.25) is 0 Å². The average molecular weight is 330 g/mol. The van der Waals surface area contributed by atoms with Crippen LogP contribution in [0.3, 0.4) is 0 Å². The lowest BCUT2D eigenvalue weighted by Crippen LogP contribution is -2.19. The van der Waals surface area contributed by atoms with Gasteiger partial charge in [-0.05, 0) is 35.2 Å². The van der Waals surface area contributed by atoms with Crippen LogP contribution in [-0.4, -0.2) is 27.0 Å². The predicted molar refractivity (Wildman–Crippen MR) is 71.0 cm³/mol. The number of hydrogen-bond acceptors (Lipinski definition) is 5. The van der Waals surface area contributed by atoms with Crippen LogP contribution in [0.25, 0.3) is 0 Å². The van der Waals surface area contributed by atoms with Crippen molar-refractivity contribution < 1.29 is 14.8 Å². The predicted octanol–water partition coefficient (Wildman–Crippen LogP) is 2.42. The van der Waals surface area contributed by atoms with Crippen LogP contribution in [0.5, 0.6) is 0 Å². The van der Waals surface area contributed by atoms with E-state index in [0.717, 1.165) is 0 Å². The molecule has 0 spiro atoms. The number of nitro groups is 1. The Bertz CT molecular complexity index is 523. The van der Waals surface area contributed by atoms with Crippen molar-refractivity contribution in [3.8, 4) is 0 Å². The van der Waals surface area contributed by atoms with Crippen LogP contribution in [0.4, 0.5) is 11.4 Å². The maximum atomic E-state index is 10.9. The maximum absolute atomic E-state index is 10.9. The lowest BCUT2D eigenvalue weighted by Gasteiger charge is -2.15. The van der Waals surface area contributed by atoms with E-state index in [1.807, 2.05) is 0 Å². The van der Waals surface area contributed by atoms with Gasteiger partial charge in [-0.15, -0.1) is 0 Å². The molecule has 0 saturated heterocycles. The molecule has 7 nitrogen and oxygen atoms in total. The van der Waals surface area contributed by atoms with Crippen molar-refractivity contribution in [2.24, 2.45) is 5.92 Å². The average Bonchev–Trinajstić information content (AvgIpc) is 2.80. The lowest BCUT2D eigenvalue weighted by molar-refractivity contribution is -0.384. The second kappa shape index (κ2) is 5.52. The zero-order chi connectivity index (χ0) is 14.0. The van der Waals surface area contributed by atoms with Crippen molar-refractivity contribution in [3.05, 3.63) is 27.0 Å². The largest absolute Gasteiger partial charge is 0.481 e. The molecule has 0 bridgehead atoms. The molecule has 1 aliphatic carbocycles. The maximum Gasteiger partial charge on any atom is 0.311 e. The van der Waals surface area contributed by atoms with Gasteiger partial charge in [0.05, 0.1) is 15.3 Å². The van der Waals surface area contributed by atoms with Crippen molar-refractivity contribution in [2.75, 3.05) is 5.32 Å². The molecule has 1 aromatic rings. The molecule has 0 aromatic carbocycles. The fraction of sp³-hybridized carbons (Fsp3) is 0.455. The second-order valence-corrected chi connectivity index (χ2v) is 5.32. The summed E-state index contributed by atoms with van der Waals surface area (Å²) in [6, 6.07) is -0.0708. The molecule has 1 aromatic heterocycles. The standard InChI is InChI=1S/C11H12BrN3O4/c12-8-4-13-5-9(15(18)19)10(8)14-7-2-1-6(3-7)11(16)17/h4-7H,1-3H2,(H,13,14)(H,16,17).